The fraction of sp³-hybridized carbons (Fsp3) is 0.0952. The van der Waals surface area contributed by atoms with Crippen LogP contribution in [-0.2, 0) is 21.7 Å². The highest BCUT2D eigenvalue weighted by Crippen LogP contribution is 2.61. The van der Waals surface area contributed by atoms with Crippen molar-refractivity contribution in [3.8, 4) is 124 Å². The minimum Gasteiger partial charge on any atom is -0.456 e. The molecule has 644 valence electrons. The number of hydrogen-bond acceptors (Lipinski definition) is 10. The molecule has 10 heteroatoms. The van der Waals surface area contributed by atoms with Gasteiger partial charge in [-0.3, -0.25) is 0 Å². The number of aromatic nitrogens is 6. The van der Waals surface area contributed by atoms with Crippen molar-refractivity contribution in [3.05, 3.63) is 421 Å². The Morgan fingerprint density at radius 3 is 1.15 bits per heavy atom. The molecule has 7 heterocycles. The third kappa shape index (κ3) is 11.6. The van der Waals surface area contributed by atoms with E-state index in [9.17, 15) is 0 Å². The average Bonchev–Trinajstić information content (AvgIpc) is 1.52. The van der Waals surface area contributed by atoms with Crippen LogP contribution >= 0.6 is 0 Å². The topological polar surface area (TPSA) is 130 Å². The van der Waals surface area contributed by atoms with E-state index in [1.54, 1.807) is 0 Å². The second-order valence-electron chi connectivity index (χ2n) is 38.8. The molecule has 136 heavy (non-hydrogen) atoms. The zero-order valence-corrected chi connectivity index (χ0v) is 76.1. The van der Waals surface area contributed by atoms with E-state index < -0.39 is 0 Å². The molecule has 0 atom stereocenters. The average molecular weight is 1750 g/mol. The summed E-state index contributed by atoms with van der Waals surface area (Å²) in [5.74, 6) is 2.06. The van der Waals surface area contributed by atoms with E-state index in [1.165, 1.54) is 111 Å². The molecule has 0 spiro atoms. The Bertz CT molecular complexity index is 9450. The summed E-state index contributed by atoms with van der Waals surface area (Å²) < 4.78 is 26.1. The number of fused-ring (bicyclic) bond motifs is 30. The predicted molar refractivity (Wildman–Crippen MR) is 556 cm³/mol. The second kappa shape index (κ2) is 29.3. The molecule has 29 rings (SSSR count). The maximum Gasteiger partial charge on any atom is 0.164 e. The van der Waals surface area contributed by atoms with Crippen LogP contribution in [0, 0.1) is 0 Å². The minimum absolute atomic E-state index is 0.101. The lowest BCUT2D eigenvalue weighted by Crippen LogP contribution is -2.15. The molecule has 0 saturated carbocycles. The van der Waals surface area contributed by atoms with Crippen LogP contribution in [0.2, 0.25) is 0 Å². The Balaban J connectivity index is 0.000000103. The van der Waals surface area contributed by atoms with Gasteiger partial charge in [-0.05, 0) is 179 Å². The van der Waals surface area contributed by atoms with Crippen LogP contribution in [0.4, 0.5) is 0 Å². The predicted octanol–water partition coefficient (Wildman–Crippen LogP) is 33.4. The summed E-state index contributed by atoms with van der Waals surface area (Å²) >= 11 is 0. The van der Waals surface area contributed by atoms with Gasteiger partial charge in [-0.15, -0.1) is 0 Å². The molecule has 4 aliphatic carbocycles. The SMILES string of the molecule is CC1(C)c2ccccc2-c2c(-c3nc(-c4cccc5oc6ccccc6c45)c4ccccc4n3)cc3oc4ccccc4c3c21.CC1(C)c2ccccc2-c2ccc(-c3nc(-c4cc5oc6ccccc6c5c5c4-c4ccccc4C5(C)C)nc4ccccc34)cc21.CC1(C)c2ccccc2-c2ccc3oc4c(-c5nc(-c6ccccc6)c6cc(-c7ccccc7)ccc6n5)cccc4c3c21. The van der Waals surface area contributed by atoms with Gasteiger partial charge in [0.25, 0.3) is 0 Å². The smallest absolute Gasteiger partial charge is 0.164 e. The summed E-state index contributed by atoms with van der Waals surface area (Å²) in [6.07, 6.45) is 0. The maximum absolute atomic E-state index is 6.71. The monoisotopic (exact) mass is 1750 g/mol. The summed E-state index contributed by atoms with van der Waals surface area (Å²) in [6.45, 7) is 18.6. The van der Waals surface area contributed by atoms with Crippen molar-refractivity contribution in [2.45, 2.75) is 77.0 Å². The summed E-state index contributed by atoms with van der Waals surface area (Å²) in [5.41, 5.74) is 40.7. The molecule has 0 bridgehead atoms. The molecule has 10 nitrogen and oxygen atoms in total. The second-order valence-corrected chi connectivity index (χ2v) is 38.8. The van der Waals surface area contributed by atoms with Gasteiger partial charge in [-0.2, -0.15) is 0 Å². The molecule has 0 saturated heterocycles. The van der Waals surface area contributed by atoms with Crippen molar-refractivity contribution >= 4 is 120 Å². The quantitative estimate of drug-likeness (QED) is 0.152. The lowest BCUT2D eigenvalue weighted by atomic mass is 9.80. The first kappa shape index (κ1) is 79.0. The summed E-state index contributed by atoms with van der Waals surface area (Å²) in [5, 5.41) is 12.1. The molecule has 0 fully saturated rings. The van der Waals surface area contributed by atoms with Crippen molar-refractivity contribution in [3.63, 3.8) is 0 Å². The van der Waals surface area contributed by atoms with Gasteiger partial charge in [0.05, 0.1) is 39.2 Å². The Morgan fingerprint density at radius 1 is 0.184 bits per heavy atom. The van der Waals surface area contributed by atoms with Crippen molar-refractivity contribution < 1.29 is 17.7 Å². The highest BCUT2D eigenvalue weighted by molar-refractivity contribution is 6.19. The Hall–Kier alpha value is -16.8. The van der Waals surface area contributed by atoms with E-state index in [-0.39, 0.29) is 21.7 Å². The van der Waals surface area contributed by atoms with Gasteiger partial charge in [-0.25, -0.2) is 29.9 Å². The summed E-state index contributed by atoms with van der Waals surface area (Å²) in [7, 11) is 0. The van der Waals surface area contributed by atoms with E-state index in [0.717, 1.165) is 160 Å². The molecule has 0 aliphatic heterocycles. The van der Waals surface area contributed by atoms with Gasteiger partial charge in [-0.1, -0.05) is 353 Å². The van der Waals surface area contributed by atoms with Crippen molar-refractivity contribution in [2.75, 3.05) is 0 Å². The fourth-order valence-electron chi connectivity index (χ4n) is 23.6. The van der Waals surface area contributed by atoms with E-state index in [2.05, 4.69) is 377 Å². The summed E-state index contributed by atoms with van der Waals surface area (Å²) in [4.78, 5) is 31.8. The van der Waals surface area contributed by atoms with Crippen LogP contribution in [0.15, 0.2) is 394 Å². The maximum atomic E-state index is 6.71. The summed E-state index contributed by atoms with van der Waals surface area (Å²) in [6, 6.07) is 132. The normalized spacial score (nSPS) is 14.1. The third-order valence-electron chi connectivity index (χ3n) is 29.8. The van der Waals surface area contributed by atoms with E-state index in [1.807, 2.05) is 54.6 Å². The van der Waals surface area contributed by atoms with Crippen LogP contribution in [0.25, 0.3) is 244 Å². The van der Waals surface area contributed by atoms with Crippen molar-refractivity contribution in [2.24, 2.45) is 0 Å². The first-order chi connectivity index (χ1) is 66.5. The largest absolute Gasteiger partial charge is 0.456 e. The lowest BCUT2D eigenvalue weighted by molar-refractivity contribution is 0.657. The standard InChI is InChI=1S/C44H32N2O.C41H26N2O2.C41H28N2O/c1-43(2)32-17-9-5-13-26(32)27-22-21-25(23-34(27)43)41-29-15-7-11-19-35(29)45-42(46-41)31-24-37-39(30-16-8-12-20-36(30)47-37)40-38(31)28-14-6-10-18-33(28)44(40,3)4;1-41(2)29-17-7-3-12-23(29)36-28(22-34-37(38(36)41)26-15-6-10-20-32(26)45-34)40-42-30-18-8-4-13-24(30)39(43-40)27-16-11-21-33-35(27)25-14-5-9-19-31(25)44-33;1-41(2)33-19-10-9-16-28(33)29-21-23-35-36(37(29)41)30-17-11-18-31(39(30)44-35)40-42-34-22-20-27(25-12-5-3-6-13-25)24-32(34)38(43-40)26-14-7-4-8-15-26/h5-24H,1-4H3;3-22H,1-2H3;3-24H,1-2H3. The molecule has 18 aromatic carbocycles. The fourth-order valence-corrected chi connectivity index (χ4v) is 23.6. The van der Waals surface area contributed by atoms with Gasteiger partial charge in [0.1, 0.15) is 44.7 Å². The van der Waals surface area contributed by atoms with Crippen LogP contribution < -0.4 is 0 Å². The van der Waals surface area contributed by atoms with Gasteiger partial charge < -0.3 is 17.7 Å². The highest BCUT2D eigenvalue weighted by atomic mass is 16.3. The number of para-hydroxylation sites is 6. The zero-order chi connectivity index (χ0) is 90.9. The number of nitrogens with zero attached hydrogens (tertiary/aromatic N) is 6. The molecule has 25 aromatic rings. The van der Waals surface area contributed by atoms with Gasteiger partial charge in [0, 0.05) is 109 Å². The van der Waals surface area contributed by atoms with Crippen LogP contribution in [0.3, 0.4) is 0 Å². The van der Waals surface area contributed by atoms with Gasteiger partial charge in [0.15, 0.2) is 17.5 Å². The molecular weight excluding hydrogens is 1660 g/mol. The first-order valence-corrected chi connectivity index (χ1v) is 46.9. The van der Waals surface area contributed by atoms with Crippen LogP contribution in [0.1, 0.15) is 99.9 Å². The number of rotatable bonds is 7. The van der Waals surface area contributed by atoms with Gasteiger partial charge >= 0.3 is 0 Å². The van der Waals surface area contributed by atoms with Crippen molar-refractivity contribution in [1.82, 2.24) is 29.9 Å². The molecular formula is C126H86N6O4. The molecule has 0 N–H and O–H groups in total. The molecule has 0 radical (unpaired) electrons. The highest BCUT2D eigenvalue weighted by Gasteiger charge is 2.45. The van der Waals surface area contributed by atoms with Gasteiger partial charge in [0.2, 0.25) is 0 Å². The first-order valence-electron chi connectivity index (χ1n) is 46.9. The lowest BCUT2D eigenvalue weighted by Gasteiger charge is -2.23. The van der Waals surface area contributed by atoms with Crippen LogP contribution in [-0.4, -0.2) is 29.9 Å². The molecule has 0 amide bonds. The van der Waals surface area contributed by atoms with E-state index in [4.69, 9.17) is 47.6 Å². The Labute approximate surface area is 784 Å². The van der Waals surface area contributed by atoms with Crippen molar-refractivity contribution in [1.29, 1.82) is 0 Å². The van der Waals surface area contributed by atoms with Crippen LogP contribution in [0.5, 0.6) is 0 Å². The van der Waals surface area contributed by atoms with E-state index >= 15 is 0 Å². The zero-order valence-electron chi connectivity index (χ0n) is 76.1. The Morgan fingerprint density at radius 2 is 0.559 bits per heavy atom. The molecule has 7 aromatic heterocycles. The third-order valence-corrected chi connectivity index (χ3v) is 29.8. The number of furan rings is 4. The number of benzene rings is 18. The van der Waals surface area contributed by atoms with E-state index in [0.29, 0.717) is 17.5 Å². The molecule has 4 aliphatic rings. The minimum atomic E-state index is -0.242. The number of hydrogen-bond donors (Lipinski definition) is 0. The molecule has 0 unspecified atom stereocenters. The Kier molecular flexibility index (Phi) is 17.0.